The second kappa shape index (κ2) is 7.89. The molecule has 7 nitrogen and oxygen atoms in total. The van der Waals surface area contributed by atoms with Gasteiger partial charge < -0.3 is 15.3 Å². The lowest BCUT2D eigenvalue weighted by atomic mass is 10.1. The molecule has 0 bridgehead atoms. The van der Waals surface area contributed by atoms with Crippen molar-refractivity contribution in [2.45, 2.75) is 39.3 Å². The molecule has 8 heteroatoms. The van der Waals surface area contributed by atoms with E-state index in [-0.39, 0.29) is 23.2 Å². The average molecular weight is 400 g/mol. The van der Waals surface area contributed by atoms with Crippen molar-refractivity contribution in [1.82, 2.24) is 19.7 Å². The number of phenolic OH excluding ortho intramolecular Hbond substituents is 1. The van der Waals surface area contributed by atoms with Gasteiger partial charge in [-0.05, 0) is 56.4 Å². The first-order valence-electron chi connectivity index (χ1n) is 9.78. The fraction of sp³-hybridized carbons (Fsp3) is 0.450. The molecule has 3 heterocycles. The molecular formula is C20H25N5O2S. The van der Waals surface area contributed by atoms with Gasteiger partial charge in [0.2, 0.25) is 5.82 Å². The molecule has 0 unspecified atom stereocenters. The summed E-state index contributed by atoms with van der Waals surface area (Å²) in [5.41, 5.74) is 0.324. The van der Waals surface area contributed by atoms with Crippen molar-refractivity contribution >= 4 is 27.2 Å². The molecular weight excluding hydrogens is 374 g/mol. The number of aromatic nitrogens is 3. The highest BCUT2D eigenvalue weighted by molar-refractivity contribution is 7.17. The summed E-state index contributed by atoms with van der Waals surface area (Å²) in [6.45, 7) is 7.51. The summed E-state index contributed by atoms with van der Waals surface area (Å²) in [6, 6.07) is 5.81. The third kappa shape index (κ3) is 3.38. The number of rotatable bonds is 5. The van der Waals surface area contributed by atoms with E-state index in [0.29, 0.717) is 17.9 Å². The summed E-state index contributed by atoms with van der Waals surface area (Å²) in [4.78, 5) is 15.4. The van der Waals surface area contributed by atoms with E-state index in [1.807, 2.05) is 24.4 Å². The SMILES string of the molecule is CCN1CCC[C@@H](Nc2nnc(-c3ccc4sccc4c3O)n(CC)c2=O)C1. The van der Waals surface area contributed by atoms with Crippen molar-refractivity contribution in [1.29, 1.82) is 0 Å². The van der Waals surface area contributed by atoms with E-state index in [2.05, 4.69) is 27.3 Å². The van der Waals surface area contributed by atoms with Crippen LogP contribution in [0.4, 0.5) is 5.82 Å². The highest BCUT2D eigenvalue weighted by atomic mass is 32.1. The summed E-state index contributed by atoms with van der Waals surface area (Å²) in [5.74, 6) is 0.813. The van der Waals surface area contributed by atoms with Gasteiger partial charge in [0, 0.05) is 29.2 Å². The van der Waals surface area contributed by atoms with E-state index < -0.39 is 0 Å². The van der Waals surface area contributed by atoms with Crippen molar-refractivity contribution < 1.29 is 5.11 Å². The molecule has 2 aromatic heterocycles. The minimum absolute atomic E-state index is 0.140. The molecule has 148 valence electrons. The Kier molecular flexibility index (Phi) is 5.32. The second-order valence-electron chi connectivity index (χ2n) is 7.09. The minimum atomic E-state index is -0.203. The van der Waals surface area contributed by atoms with Gasteiger partial charge in [-0.15, -0.1) is 21.5 Å². The van der Waals surface area contributed by atoms with Gasteiger partial charge >= 0.3 is 0 Å². The summed E-state index contributed by atoms with van der Waals surface area (Å²) < 4.78 is 2.57. The predicted molar refractivity (Wildman–Crippen MR) is 113 cm³/mol. The third-order valence-corrected chi connectivity index (χ3v) is 6.29. The lowest BCUT2D eigenvalue weighted by Crippen LogP contribution is -2.43. The molecule has 0 spiro atoms. The molecule has 0 aliphatic carbocycles. The van der Waals surface area contributed by atoms with Gasteiger partial charge in [-0.1, -0.05) is 6.92 Å². The number of aromatic hydroxyl groups is 1. The Morgan fingerprint density at radius 1 is 1.25 bits per heavy atom. The molecule has 1 aliphatic rings. The molecule has 3 aromatic rings. The lowest BCUT2D eigenvalue weighted by molar-refractivity contribution is 0.226. The highest BCUT2D eigenvalue weighted by Crippen LogP contribution is 2.36. The standard InChI is InChI=1S/C20H25N5O2S/c1-3-24-10-5-6-13(12-24)21-18-20(27)25(4-2)19(23-22-18)15-7-8-16-14(17(15)26)9-11-28-16/h7-9,11,13,26H,3-6,10,12H2,1-2H3,(H,21,22)/t13-/m1/s1. The summed E-state index contributed by atoms with van der Waals surface area (Å²) in [6.07, 6.45) is 2.12. The number of piperidine rings is 1. The maximum absolute atomic E-state index is 13.0. The van der Waals surface area contributed by atoms with Crippen molar-refractivity contribution in [3.63, 3.8) is 0 Å². The number of benzene rings is 1. The third-order valence-electron chi connectivity index (χ3n) is 5.41. The number of fused-ring (bicyclic) bond motifs is 1. The molecule has 1 saturated heterocycles. The van der Waals surface area contributed by atoms with E-state index in [1.54, 1.807) is 22.0 Å². The van der Waals surface area contributed by atoms with Crippen molar-refractivity contribution in [2.75, 3.05) is 25.0 Å². The molecule has 0 amide bonds. The molecule has 0 saturated carbocycles. The highest BCUT2D eigenvalue weighted by Gasteiger charge is 2.22. The largest absolute Gasteiger partial charge is 0.507 e. The zero-order valence-corrected chi connectivity index (χ0v) is 17.0. The lowest BCUT2D eigenvalue weighted by Gasteiger charge is -2.32. The Bertz CT molecular complexity index is 1040. The Balaban J connectivity index is 1.69. The van der Waals surface area contributed by atoms with Crippen LogP contribution in [-0.2, 0) is 6.54 Å². The van der Waals surface area contributed by atoms with Gasteiger partial charge in [0.1, 0.15) is 5.75 Å². The number of nitrogens with zero attached hydrogens (tertiary/aromatic N) is 4. The number of nitrogens with one attached hydrogen (secondary N) is 1. The Morgan fingerprint density at radius 2 is 2.11 bits per heavy atom. The Morgan fingerprint density at radius 3 is 2.89 bits per heavy atom. The number of thiophene rings is 1. The predicted octanol–water partition coefficient (Wildman–Crippen LogP) is 3.14. The number of hydrogen-bond acceptors (Lipinski definition) is 7. The van der Waals surface area contributed by atoms with Crippen LogP contribution < -0.4 is 10.9 Å². The Labute approximate surface area is 167 Å². The van der Waals surface area contributed by atoms with Crippen molar-refractivity contribution in [3.8, 4) is 17.1 Å². The monoisotopic (exact) mass is 399 g/mol. The molecule has 1 aromatic carbocycles. The van der Waals surface area contributed by atoms with Crippen LogP contribution in [0.2, 0.25) is 0 Å². The van der Waals surface area contributed by atoms with Crippen LogP contribution in [0.5, 0.6) is 5.75 Å². The first-order chi connectivity index (χ1) is 13.6. The van der Waals surface area contributed by atoms with Gasteiger partial charge in [-0.3, -0.25) is 9.36 Å². The van der Waals surface area contributed by atoms with Crippen LogP contribution in [0.15, 0.2) is 28.4 Å². The quantitative estimate of drug-likeness (QED) is 0.686. The van der Waals surface area contributed by atoms with Gasteiger partial charge in [0.05, 0.1) is 5.56 Å². The van der Waals surface area contributed by atoms with Gasteiger partial charge in [0.15, 0.2) is 5.82 Å². The van der Waals surface area contributed by atoms with Crippen LogP contribution in [0.3, 0.4) is 0 Å². The van der Waals surface area contributed by atoms with Crippen molar-refractivity contribution in [3.05, 3.63) is 33.9 Å². The van der Waals surface area contributed by atoms with E-state index >= 15 is 0 Å². The molecule has 2 N–H and O–H groups in total. The summed E-state index contributed by atoms with van der Waals surface area (Å²) in [7, 11) is 0. The molecule has 1 fully saturated rings. The van der Waals surface area contributed by atoms with E-state index in [1.165, 1.54) is 0 Å². The normalized spacial score (nSPS) is 17.9. The first kappa shape index (κ1) is 18.9. The molecule has 28 heavy (non-hydrogen) atoms. The zero-order chi connectivity index (χ0) is 19.7. The summed E-state index contributed by atoms with van der Waals surface area (Å²) >= 11 is 1.56. The minimum Gasteiger partial charge on any atom is -0.507 e. The van der Waals surface area contributed by atoms with Crippen LogP contribution in [0, 0.1) is 0 Å². The number of likely N-dealkylation sites (N-methyl/N-ethyl adjacent to an activating group) is 1. The number of hydrogen-bond donors (Lipinski definition) is 2. The van der Waals surface area contributed by atoms with Gasteiger partial charge in [0.25, 0.3) is 5.56 Å². The fourth-order valence-corrected chi connectivity index (χ4v) is 4.65. The van der Waals surface area contributed by atoms with Gasteiger partial charge in [-0.2, -0.15) is 0 Å². The first-order valence-corrected chi connectivity index (χ1v) is 10.7. The van der Waals surface area contributed by atoms with Crippen LogP contribution in [0.1, 0.15) is 26.7 Å². The van der Waals surface area contributed by atoms with Gasteiger partial charge in [-0.25, -0.2) is 0 Å². The average Bonchev–Trinajstić information content (AvgIpc) is 3.20. The number of phenols is 1. The van der Waals surface area contributed by atoms with E-state index in [9.17, 15) is 9.90 Å². The maximum atomic E-state index is 13.0. The fourth-order valence-electron chi connectivity index (χ4n) is 3.86. The molecule has 1 aliphatic heterocycles. The topological polar surface area (TPSA) is 83.3 Å². The Hall–Kier alpha value is -2.45. The molecule has 0 radical (unpaired) electrons. The van der Waals surface area contributed by atoms with E-state index in [4.69, 9.17) is 0 Å². The maximum Gasteiger partial charge on any atom is 0.296 e. The molecule has 1 atom stereocenters. The van der Waals surface area contributed by atoms with Crippen molar-refractivity contribution in [2.24, 2.45) is 0 Å². The van der Waals surface area contributed by atoms with Crippen LogP contribution >= 0.6 is 11.3 Å². The van der Waals surface area contributed by atoms with E-state index in [0.717, 1.165) is 42.6 Å². The number of anilines is 1. The second-order valence-corrected chi connectivity index (χ2v) is 8.04. The smallest absolute Gasteiger partial charge is 0.296 e. The van der Waals surface area contributed by atoms with Crippen LogP contribution in [0.25, 0.3) is 21.5 Å². The zero-order valence-electron chi connectivity index (χ0n) is 16.2. The number of likely N-dealkylation sites (tertiary alicyclic amines) is 1. The summed E-state index contributed by atoms with van der Waals surface area (Å²) in [5, 5.41) is 25.2. The molecule has 4 rings (SSSR count). The van der Waals surface area contributed by atoms with Crippen LogP contribution in [-0.4, -0.2) is 50.4 Å².